The number of carbonyl (C=O) groups excluding carboxylic acids is 2. The fraction of sp³-hybridized carbons (Fsp3) is 0.304. The van der Waals surface area contributed by atoms with Gasteiger partial charge in [0.15, 0.2) is 0 Å². The number of carbonyl (C=O) groups is 2. The number of rotatable bonds is 8. The van der Waals surface area contributed by atoms with Gasteiger partial charge in [-0.2, -0.15) is 0 Å². The number of amides is 2. The van der Waals surface area contributed by atoms with Crippen LogP contribution in [0.4, 0.5) is 10.5 Å². The number of benzene rings is 2. The smallest absolute Gasteiger partial charge is 0.293 e. The van der Waals surface area contributed by atoms with Crippen molar-refractivity contribution in [3.8, 4) is 5.75 Å². The molecule has 0 aliphatic carbocycles. The topological polar surface area (TPSA) is 49.9 Å². The number of aryl methyl sites for hydroxylation is 1. The fourth-order valence-corrected chi connectivity index (χ4v) is 3.97. The van der Waals surface area contributed by atoms with Gasteiger partial charge >= 0.3 is 0 Å². The number of hydrogen-bond acceptors (Lipinski definition) is 5. The highest BCUT2D eigenvalue weighted by atomic mass is 32.2. The van der Waals surface area contributed by atoms with Gasteiger partial charge in [-0.1, -0.05) is 29.8 Å². The molecule has 0 atom stereocenters. The van der Waals surface area contributed by atoms with E-state index in [4.69, 9.17) is 4.74 Å². The first-order valence-corrected chi connectivity index (χ1v) is 10.6. The second-order valence-corrected chi connectivity index (χ2v) is 7.75. The molecule has 5 nitrogen and oxygen atoms in total. The maximum atomic E-state index is 12.6. The van der Waals surface area contributed by atoms with Gasteiger partial charge in [0.2, 0.25) is 0 Å². The van der Waals surface area contributed by atoms with E-state index in [0.717, 1.165) is 47.4 Å². The van der Waals surface area contributed by atoms with Crippen LogP contribution in [-0.2, 0) is 4.79 Å². The average Bonchev–Trinajstić information content (AvgIpc) is 2.99. The summed E-state index contributed by atoms with van der Waals surface area (Å²) in [7, 11) is 0. The lowest BCUT2D eigenvalue weighted by Crippen LogP contribution is -2.32. The molecule has 0 N–H and O–H groups in total. The Morgan fingerprint density at radius 3 is 2.28 bits per heavy atom. The molecule has 2 amide bonds. The lowest BCUT2D eigenvalue weighted by molar-refractivity contribution is -0.123. The second-order valence-electron chi connectivity index (χ2n) is 6.76. The van der Waals surface area contributed by atoms with Crippen LogP contribution in [-0.4, -0.2) is 42.3 Å². The molecule has 6 heteroatoms. The van der Waals surface area contributed by atoms with E-state index in [1.54, 1.807) is 6.08 Å². The molecule has 0 unspecified atom stereocenters. The Labute approximate surface area is 176 Å². The maximum Gasteiger partial charge on any atom is 0.293 e. The molecular weight excluding hydrogens is 384 g/mol. The zero-order valence-electron chi connectivity index (χ0n) is 17.1. The van der Waals surface area contributed by atoms with Gasteiger partial charge in [0.05, 0.1) is 11.4 Å². The van der Waals surface area contributed by atoms with E-state index in [2.05, 4.69) is 18.7 Å². The molecule has 152 valence electrons. The van der Waals surface area contributed by atoms with E-state index >= 15 is 0 Å². The summed E-state index contributed by atoms with van der Waals surface area (Å²) in [5.74, 6) is 0.465. The molecule has 0 saturated carbocycles. The van der Waals surface area contributed by atoms with Crippen molar-refractivity contribution in [3.05, 3.63) is 64.6 Å². The van der Waals surface area contributed by atoms with Gasteiger partial charge in [-0.3, -0.25) is 14.5 Å². The van der Waals surface area contributed by atoms with Crippen molar-refractivity contribution in [2.75, 3.05) is 31.1 Å². The predicted molar refractivity (Wildman–Crippen MR) is 119 cm³/mol. The Balaban J connectivity index is 1.61. The van der Waals surface area contributed by atoms with Crippen LogP contribution >= 0.6 is 11.8 Å². The minimum atomic E-state index is -0.264. The van der Waals surface area contributed by atoms with Crippen LogP contribution < -0.4 is 9.64 Å². The minimum absolute atomic E-state index is 0.233. The summed E-state index contributed by atoms with van der Waals surface area (Å²) in [5, 5.41) is -0.256. The van der Waals surface area contributed by atoms with Crippen LogP contribution in [0.15, 0.2) is 53.4 Å². The summed E-state index contributed by atoms with van der Waals surface area (Å²) in [6, 6.07) is 15.7. The third-order valence-electron chi connectivity index (χ3n) is 4.80. The van der Waals surface area contributed by atoms with Crippen molar-refractivity contribution in [1.82, 2.24) is 4.90 Å². The zero-order valence-corrected chi connectivity index (χ0v) is 17.9. The van der Waals surface area contributed by atoms with Crippen molar-refractivity contribution in [1.29, 1.82) is 0 Å². The highest BCUT2D eigenvalue weighted by Crippen LogP contribution is 2.32. The van der Waals surface area contributed by atoms with Crippen molar-refractivity contribution >= 4 is 34.7 Å². The van der Waals surface area contributed by atoms with Crippen LogP contribution in [0, 0.1) is 6.92 Å². The molecule has 1 aliphatic rings. The molecule has 1 fully saturated rings. The number of thioether (sulfide) groups is 1. The molecular formula is C23H26N2O3S. The average molecular weight is 411 g/mol. The Hall–Kier alpha value is -2.73. The highest BCUT2D eigenvalue weighted by molar-refractivity contribution is 8.18. The van der Waals surface area contributed by atoms with Gasteiger partial charge < -0.3 is 9.64 Å². The molecule has 3 rings (SSSR count). The Bertz CT molecular complexity index is 887. The summed E-state index contributed by atoms with van der Waals surface area (Å²) in [4.78, 5) is 28.8. The molecule has 0 bridgehead atoms. The second kappa shape index (κ2) is 9.65. The maximum absolute atomic E-state index is 12.6. The first-order chi connectivity index (χ1) is 14.0. The number of anilines is 1. The van der Waals surface area contributed by atoms with Crippen molar-refractivity contribution < 1.29 is 14.3 Å². The third-order valence-corrected chi connectivity index (χ3v) is 5.71. The van der Waals surface area contributed by atoms with E-state index in [-0.39, 0.29) is 24.3 Å². The standard InChI is InChI=1S/C23H26N2O3S/c1-4-24(5-2)19-10-8-18(9-11-19)16-21-22(26)25(23(27)29-21)14-15-28-20-12-6-17(3)7-13-20/h6-13,16H,4-5,14-15H2,1-3H3/b21-16-. The van der Waals surface area contributed by atoms with Crippen LogP contribution in [0.2, 0.25) is 0 Å². The van der Waals surface area contributed by atoms with Crippen LogP contribution in [0.5, 0.6) is 5.75 Å². The number of imide groups is 1. The number of hydrogen-bond donors (Lipinski definition) is 0. The molecule has 0 aromatic heterocycles. The van der Waals surface area contributed by atoms with E-state index in [0.29, 0.717) is 4.91 Å². The lowest BCUT2D eigenvalue weighted by Gasteiger charge is -2.20. The molecule has 29 heavy (non-hydrogen) atoms. The molecule has 1 aliphatic heterocycles. The van der Waals surface area contributed by atoms with Crippen LogP contribution in [0.3, 0.4) is 0 Å². The summed E-state index contributed by atoms with van der Waals surface area (Å²) < 4.78 is 5.65. The summed E-state index contributed by atoms with van der Waals surface area (Å²) in [6.07, 6.45) is 1.78. The monoisotopic (exact) mass is 410 g/mol. The van der Waals surface area contributed by atoms with Gasteiger partial charge in [0.25, 0.3) is 11.1 Å². The molecule has 0 radical (unpaired) electrons. The van der Waals surface area contributed by atoms with Gasteiger partial charge in [-0.25, -0.2) is 0 Å². The number of ether oxygens (including phenoxy) is 1. The zero-order chi connectivity index (χ0) is 20.8. The van der Waals surface area contributed by atoms with E-state index in [1.807, 2.05) is 55.5 Å². The quantitative estimate of drug-likeness (QED) is 0.576. The van der Waals surface area contributed by atoms with E-state index in [1.165, 1.54) is 4.90 Å². The summed E-state index contributed by atoms with van der Waals surface area (Å²) >= 11 is 0.977. The highest BCUT2D eigenvalue weighted by Gasteiger charge is 2.34. The molecule has 0 spiro atoms. The minimum Gasteiger partial charge on any atom is -0.492 e. The Kier molecular flexibility index (Phi) is 6.99. The van der Waals surface area contributed by atoms with Crippen molar-refractivity contribution in [2.24, 2.45) is 0 Å². The van der Waals surface area contributed by atoms with Gasteiger partial charge in [-0.05, 0) is 68.4 Å². The van der Waals surface area contributed by atoms with Crippen LogP contribution in [0.1, 0.15) is 25.0 Å². The van der Waals surface area contributed by atoms with Crippen LogP contribution in [0.25, 0.3) is 6.08 Å². The summed E-state index contributed by atoms with van der Waals surface area (Å²) in [5.41, 5.74) is 3.20. The largest absolute Gasteiger partial charge is 0.492 e. The molecule has 2 aromatic rings. The number of nitrogens with zero attached hydrogens (tertiary/aromatic N) is 2. The molecule has 2 aromatic carbocycles. The van der Waals surface area contributed by atoms with Gasteiger partial charge in [0.1, 0.15) is 12.4 Å². The predicted octanol–water partition coefficient (Wildman–Crippen LogP) is 4.96. The molecule has 1 heterocycles. The van der Waals surface area contributed by atoms with E-state index < -0.39 is 0 Å². The first kappa shape index (κ1) is 21.0. The van der Waals surface area contributed by atoms with Crippen molar-refractivity contribution in [2.45, 2.75) is 20.8 Å². The lowest BCUT2D eigenvalue weighted by atomic mass is 10.1. The first-order valence-electron chi connectivity index (χ1n) is 9.81. The fourth-order valence-electron chi connectivity index (χ4n) is 3.10. The SMILES string of the molecule is CCN(CC)c1ccc(/C=C2\SC(=O)N(CCOc3ccc(C)cc3)C2=O)cc1. The molecule has 1 saturated heterocycles. The summed E-state index contributed by atoms with van der Waals surface area (Å²) in [6.45, 7) is 8.64. The van der Waals surface area contributed by atoms with Gasteiger partial charge in [-0.15, -0.1) is 0 Å². The Morgan fingerprint density at radius 2 is 1.66 bits per heavy atom. The normalized spacial score (nSPS) is 15.3. The van der Waals surface area contributed by atoms with Gasteiger partial charge in [0, 0.05) is 18.8 Å². The van der Waals surface area contributed by atoms with Crippen molar-refractivity contribution in [3.63, 3.8) is 0 Å². The van der Waals surface area contributed by atoms with E-state index in [9.17, 15) is 9.59 Å². The Morgan fingerprint density at radius 1 is 1.00 bits per heavy atom. The third kappa shape index (κ3) is 5.21.